The lowest BCUT2D eigenvalue weighted by Crippen LogP contribution is -1.93. The molecular weight excluding hydrogens is 116 g/mol. The maximum atomic E-state index is 8.45. The summed E-state index contributed by atoms with van der Waals surface area (Å²) in [7, 11) is 0. The summed E-state index contributed by atoms with van der Waals surface area (Å²) < 4.78 is 5.26. The average Bonchev–Trinajstić information content (AvgIpc) is 2.62. The molecule has 0 bridgehead atoms. The predicted molar refractivity (Wildman–Crippen MR) is 35.3 cm³/mol. The van der Waals surface area contributed by atoms with Crippen LogP contribution in [-0.2, 0) is 4.74 Å². The predicted octanol–water partition coefficient (Wildman–Crippen LogP) is 0.936. The molecule has 1 saturated heterocycles. The smallest absolute Gasteiger partial charge is 0.0842 e. The molecule has 1 aliphatic rings. The molecule has 0 spiro atoms. The number of rotatable bonds is 4. The van der Waals surface area contributed by atoms with Gasteiger partial charge >= 0.3 is 0 Å². The van der Waals surface area contributed by atoms with E-state index in [1.165, 1.54) is 0 Å². The van der Waals surface area contributed by atoms with Crippen molar-refractivity contribution in [2.24, 2.45) is 0 Å². The molecule has 0 aromatic rings. The minimum absolute atomic E-state index is 0.302. The van der Waals surface area contributed by atoms with Gasteiger partial charge in [0.05, 0.1) is 12.2 Å². The van der Waals surface area contributed by atoms with E-state index in [1.807, 2.05) is 0 Å². The van der Waals surface area contributed by atoms with Crippen molar-refractivity contribution in [3.05, 3.63) is 0 Å². The molecular formula is C7H14O2. The van der Waals surface area contributed by atoms with Gasteiger partial charge in [0, 0.05) is 6.61 Å². The molecule has 2 heteroatoms. The van der Waals surface area contributed by atoms with Crippen molar-refractivity contribution in [2.45, 2.75) is 38.4 Å². The highest BCUT2D eigenvalue weighted by Gasteiger charge is 2.35. The van der Waals surface area contributed by atoms with E-state index in [0.717, 1.165) is 19.3 Å². The SMILES string of the molecule is CCC1OC1CCCO. The zero-order chi connectivity index (χ0) is 6.69. The molecule has 0 amide bonds. The van der Waals surface area contributed by atoms with E-state index >= 15 is 0 Å². The zero-order valence-electron chi connectivity index (χ0n) is 5.84. The Morgan fingerprint density at radius 3 is 2.67 bits per heavy atom. The highest BCUT2D eigenvalue weighted by atomic mass is 16.6. The summed E-state index contributed by atoms with van der Waals surface area (Å²) in [5, 5.41) is 8.45. The molecule has 0 aromatic carbocycles. The Hall–Kier alpha value is -0.0800. The van der Waals surface area contributed by atoms with Crippen LogP contribution in [0, 0.1) is 0 Å². The van der Waals surface area contributed by atoms with E-state index in [0.29, 0.717) is 18.8 Å². The maximum Gasteiger partial charge on any atom is 0.0842 e. The van der Waals surface area contributed by atoms with Crippen molar-refractivity contribution in [1.29, 1.82) is 0 Å². The summed E-state index contributed by atoms with van der Waals surface area (Å²) in [6, 6.07) is 0. The molecule has 9 heavy (non-hydrogen) atoms. The van der Waals surface area contributed by atoms with Gasteiger partial charge in [-0.05, 0) is 19.3 Å². The minimum Gasteiger partial charge on any atom is -0.396 e. The van der Waals surface area contributed by atoms with Crippen molar-refractivity contribution >= 4 is 0 Å². The van der Waals surface area contributed by atoms with E-state index in [9.17, 15) is 0 Å². The van der Waals surface area contributed by atoms with Gasteiger partial charge in [0.1, 0.15) is 0 Å². The van der Waals surface area contributed by atoms with Crippen LogP contribution in [0.2, 0.25) is 0 Å². The van der Waals surface area contributed by atoms with Crippen LogP contribution in [0.25, 0.3) is 0 Å². The highest BCUT2D eigenvalue weighted by Crippen LogP contribution is 2.28. The van der Waals surface area contributed by atoms with Crippen LogP contribution in [-0.4, -0.2) is 23.9 Å². The molecule has 1 heterocycles. The summed E-state index contributed by atoms with van der Waals surface area (Å²) in [6.45, 7) is 2.43. The lowest BCUT2D eigenvalue weighted by Gasteiger charge is -1.88. The summed E-state index contributed by atoms with van der Waals surface area (Å²) in [5.41, 5.74) is 0. The molecule has 2 unspecified atom stereocenters. The molecule has 54 valence electrons. The average molecular weight is 130 g/mol. The Morgan fingerprint density at radius 1 is 1.44 bits per heavy atom. The van der Waals surface area contributed by atoms with Gasteiger partial charge in [0.25, 0.3) is 0 Å². The molecule has 0 saturated carbocycles. The van der Waals surface area contributed by atoms with Gasteiger partial charge in [-0.3, -0.25) is 0 Å². The Bertz CT molecular complexity index is 83.0. The topological polar surface area (TPSA) is 32.8 Å². The third-order valence-corrected chi connectivity index (χ3v) is 1.74. The van der Waals surface area contributed by atoms with Crippen molar-refractivity contribution in [2.75, 3.05) is 6.61 Å². The van der Waals surface area contributed by atoms with Gasteiger partial charge < -0.3 is 9.84 Å². The standard InChI is InChI=1S/C7H14O2/c1-2-6-7(9-6)4-3-5-8/h6-8H,2-5H2,1H3. The van der Waals surface area contributed by atoms with E-state index < -0.39 is 0 Å². The van der Waals surface area contributed by atoms with Crippen LogP contribution >= 0.6 is 0 Å². The first kappa shape index (κ1) is 7.03. The minimum atomic E-state index is 0.302. The Kier molecular flexibility index (Phi) is 2.49. The van der Waals surface area contributed by atoms with Gasteiger partial charge in [-0.2, -0.15) is 0 Å². The molecule has 1 aliphatic heterocycles. The molecule has 0 aromatic heterocycles. The quantitative estimate of drug-likeness (QED) is 0.574. The monoisotopic (exact) mass is 130 g/mol. The van der Waals surface area contributed by atoms with Gasteiger partial charge in [0.15, 0.2) is 0 Å². The molecule has 1 N–H and O–H groups in total. The Balaban J connectivity index is 1.92. The maximum absolute atomic E-state index is 8.45. The Morgan fingerprint density at radius 2 is 2.22 bits per heavy atom. The summed E-state index contributed by atoms with van der Waals surface area (Å²) in [6.07, 6.45) is 4.03. The largest absolute Gasteiger partial charge is 0.396 e. The normalized spacial score (nSPS) is 32.7. The third-order valence-electron chi connectivity index (χ3n) is 1.74. The molecule has 0 aliphatic carbocycles. The van der Waals surface area contributed by atoms with Crippen molar-refractivity contribution in [3.8, 4) is 0 Å². The highest BCUT2D eigenvalue weighted by molar-refractivity contribution is 4.82. The lowest BCUT2D eigenvalue weighted by atomic mass is 10.2. The number of ether oxygens (including phenoxy) is 1. The van der Waals surface area contributed by atoms with E-state index in [-0.39, 0.29) is 0 Å². The fourth-order valence-electron chi connectivity index (χ4n) is 1.08. The summed E-state index contributed by atoms with van der Waals surface area (Å²) >= 11 is 0. The van der Waals surface area contributed by atoms with Crippen molar-refractivity contribution < 1.29 is 9.84 Å². The van der Waals surface area contributed by atoms with Crippen LogP contribution < -0.4 is 0 Å². The van der Waals surface area contributed by atoms with Crippen LogP contribution in [0.1, 0.15) is 26.2 Å². The number of epoxide rings is 1. The Labute approximate surface area is 55.8 Å². The summed E-state index contributed by atoms with van der Waals surface area (Å²) in [5.74, 6) is 0. The van der Waals surface area contributed by atoms with Crippen LogP contribution in [0.15, 0.2) is 0 Å². The fraction of sp³-hybridized carbons (Fsp3) is 1.00. The first-order valence-electron chi connectivity index (χ1n) is 3.64. The number of aliphatic hydroxyl groups excluding tert-OH is 1. The van der Waals surface area contributed by atoms with Crippen LogP contribution in [0.5, 0.6) is 0 Å². The number of hydrogen-bond donors (Lipinski definition) is 1. The molecule has 1 rings (SSSR count). The van der Waals surface area contributed by atoms with Gasteiger partial charge in [-0.15, -0.1) is 0 Å². The van der Waals surface area contributed by atoms with E-state index in [4.69, 9.17) is 9.84 Å². The van der Waals surface area contributed by atoms with Crippen LogP contribution in [0.3, 0.4) is 0 Å². The molecule has 2 nitrogen and oxygen atoms in total. The molecule has 0 radical (unpaired) electrons. The first-order valence-corrected chi connectivity index (χ1v) is 3.64. The number of aliphatic hydroxyl groups is 1. The second-order valence-electron chi connectivity index (χ2n) is 2.49. The second kappa shape index (κ2) is 3.18. The first-order chi connectivity index (χ1) is 4.38. The third kappa shape index (κ3) is 1.95. The van der Waals surface area contributed by atoms with Gasteiger partial charge in [-0.1, -0.05) is 6.92 Å². The van der Waals surface area contributed by atoms with Crippen molar-refractivity contribution in [3.63, 3.8) is 0 Å². The van der Waals surface area contributed by atoms with Crippen LogP contribution in [0.4, 0.5) is 0 Å². The van der Waals surface area contributed by atoms with Gasteiger partial charge in [-0.25, -0.2) is 0 Å². The van der Waals surface area contributed by atoms with E-state index in [1.54, 1.807) is 0 Å². The lowest BCUT2D eigenvalue weighted by molar-refractivity contribution is 0.272. The fourth-order valence-corrected chi connectivity index (χ4v) is 1.08. The molecule has 1 fully saturated rings. The zero-order valence-corrected chi connectivity index (χ0v) is 5.84. The van der Waals surface area contributed by atoms with E-state index in [2.05, 4.69) is 6.92 Å². The second-order valence-corrected chi connectivity index (χ2v) is 2.49. The molecule has 2 atom stereocenters. The van der Waals surface area contributed by atoms with Gasteiger partial charge in [0.2, 0.25) is 0 Å². The summed E-state index contributed by atoms with van der Waals surface area (Å²) in [4.78, 5) is 0. The number of hydrogen-bond acceptors (Lipinski definition) is 2. The van der Waals surface area contributed by atoms with Crippen molar-refractivity contribution in [1.82, 2.24) is 0 Å².